The summed E-state index contributed by atoms with van der Waals surface area (Å²) in [6.45, 7) is 0.176. The van der Waals surface area contributed by atoms with Crippen LogP contribution in [-0.4, -0.2) is 45.4 Å². The van der Waals surface area contributed by atoms with Crippen molar-refractivity contribution in [1.29, 1.82) is 0 Å². The molecule has 4 N–H and O–H groups in total. The lowest BCUT2D eigenvalue weighted by Gasteiger charge is -2.18. The summed E-state index contributed by atoms with van der Waals surface area (Å²) in [6, 6.07) is 9.07. The van der Waals surface area contributed by atoms with Gasteiger partial charge in [-0.2, -0.15) is 0 Å². The SMILES string of the molecule is O=C(/C=C/C(=O)N[C@@H](Cc1ccccc1)OB(O)O)NCc1cnccn1. The maximum atomic E-state index is 12.0. The summed E-state index contributed by atoms with van der Waals surface area (Å²) in [6.07, 6.45) is 5.86. The molecule has 1 aromatic carbocycles. The molecule has 0 bridgehead atoms. The average Bonchev–Trinajstić information content (AvgIpc) is 2.66. The van der Waals surface area contributed by atoms with Gasteiger partial charge in [-0.1, -0.05) is 30.3 Å². The highest BCUT2D eigenvalue weighted by Gasteiger charge is 2.19. The third kappa shape index (κ3) is 8.23. The maximum Gasteiger partial charge on any atom is 0.635 e. The average molecular weight is 370 g/mol. The predicted octanol–water partition coefficient (Wildman–Crippen LogP) is -0.680. The van der Waals surface area contributed by atoms with Gasteiger partial charge >= 0.3 is 7.32 Å². The van der Waals surface area contributed by atoms with E-state index in [1.807, 2.05) is 30.3 Å². The highest BCUT2D eigenvalue weighted by molar-refractivity contribution is 6.32. The summed E-state index contributed by atoms with van der Waals surface area (Å²) in [5.74, 6) is -1.11. The van der Waals surface area contributed by atoms with E-state index in [1.54, 1.807) is 0 Å². The van der Waals surface area contributed by atoms with E-state index in [9.17, 15) is 9.59 Å². The Kier molecular flexibility index (Phi) is 8.11. The first kappa shape index (κ1) is 20.2. The summed E-state index contributed by atoms with van der Waals surface area (Å²) in [7, 11) is -2.04. The minimum Gasteiger partial charge on any atom is -0.402 e. The van der Waals surface area contributed by atoms with Crippen molar-refractivity contribution in [1.82, 2.24) is 20.6 Å². The highest BCUT2D eigenvalue weighted by Crippen LogP contribution is 2.04. The smallest absolute Gasteiger partial charge is 0.402 e. The molecule has 0 fully saturated rings. The Morgan fingerprint density at radius 3 is 2.56 bits per heavy atom. The van der Waals surface area contributed by atoms with E-state index >= 15 is 0 Å². The largest absolute Gasteiger partial charge is 0.635 e. The molecule has 1 aromatic heterocycles. The van der Waals surface area contributed by atoms with Crippen molar-refractivity contribution in [3.63, 3.8) is 0 Å². The zero-order valence-electron chi connectivity index (χ0n) is 14.4. The second-order valence-electron chi connectivity index (χ2n) is 5.40. The molecular formula is C17H19BN4O5. The van der Waals surface area contributed by atoms with Crippen molar-refractivity contribution in [2.24, 2.45) is 0 Å². The molecule has 10 heteroatoms. The van der Waals surface area contributed by atoms with Gasteiger partial charge in [-0.15, -0.1) is 0 Å². The summed E-state index contributed by atoms with van der Waals surface area (Å²) in [5, 5.41) is 23.0. The quantitative estimate of drug-likeness (QED) is 0.261. The Hall–Kier alpha value is -3.08. The van der Waals surface area contributed by atoms with Gasteiger partial charge in [0.1, 0.15) is 6.23 Å². The van der Waals surface area contributed by atoms with Crippen LogP contribution in [0.25, 0.3) is 0 Å². The van der Waals surface area contributed by atoms with Crippen molar-refractivity contribution in [2.75, 3.05) is 0 Å². The Morgan fingerprint density at radius 2 is 1.89 bits per heavy atom. The second-order valence-corrected chi connectivity index (χ2v) is 5.40. The van der Waals surface area contributed by atoms with E-state index in [-0.39, 0.29) is 13.0 Å². The molecule has 9 nitrogen and oxygen atoms in total. The number of aromatic nitrogens is 2. The second kappa shape index (κ2) is 10.8. The lowest BCUT2D eigenvalue weighted by molar-refractivity contribution is -0.120. The number of benzene rings is 1. The third-order valence-corrected chi connectivity index (χ3v) is 3.30. The normalized spacial score (nSPS) is 11.8. The number of nitrogens with zero attached hydrogens (tertiary/aromatic N) is 2. The van der Waals surface area contributed by atoms with Gasteiger partial charge < -0.3 is 25.3 Å². The van der Waals surface area contributed by atoms with Crippen molar-refractivity contribution in [3.05, 3.63) is 72.3 Å². The Morgan fingerprint density at radius 1 is 1.15 bits per heavy atom. The number of hydrogen-bond donors (Lipinski definition) is 4. The van der Waals surface area contributed by atoms with Crippen LogP contribution < -0.4 is 10.6 Å². The molecule has 0 saturated heterocycles. The van der Waals surface area contributed by atoms with E-state index in [1.165, 1.54) is 18.6 Å². The highest BCUT2D eigenvalue weighted by atomic mass is 16.6. The van der Waals surface area contributed by atoms with Crippen LogP contribution in [0.15, 0.2) is 61.1 Å². The van der Waals surface area contributed by atoms with E-state index < -0.39 is 25.4 Å². The van der Waals surface area contributed by atoms with Gasteiger partial charge in [0.05, 0.1) is 18.4 Å². The van der Waals surface area contributed by atoms with Gasteiger partial charge in [-0.05, 0) is 5.56 Å². The number of rotatable bonds is 9. The van der Waals surface area contributed by atoms with E-state index in [0.717, 1.165) is 17.7 Å². The van der Waals surface area contributed by atoms with Crippen molar-refractivity contribution in [3.8, 4) is 0 Å². The van der Waals surface area contributed by atoms with Gasteiger partial charge in [-0.3, -0.25) is 19.6 Å². The molecule has 2 rings (SSSR count). The molecule has 0 aliphatic heterocycles. The predicted molar refractivity (Wildman–Crippen MR) is 96.4 cm³/mol. The minimum absolute atomic E-state index is 0.176. The third-order valence-electron chi connectivity index (χ3n) is 3.30. The molecule has 0 spiro atoms. The maximum absolute atomic E-state index is 12.0. The van der Waals surface area contributed by atoms with Crippen LogP contribution in [0.3, 0.4) is 0 Å². The summed E-state index contributed by atoms with van der Waals surface area (Å²) in [4.78, 5) is 31.6. The summed E-state index contributed by atoms with van der Waals surface area (Å²) >= 11 is 0. The first-order valence-corrected chi connectivity index (χ1v) is 8.10. The molecule has 0 unspecified atom stereocenters. The van der Waals surface area contributed by atoms with Gasteiger partial charge in [0.2, 0.25) is 11.8 Å². The topological polar surface area (TPSA) is 134 Å². The van der Waals surface area contributed by atoms with Gasteiger partial charge in [0.25, 0.3) is 0 Å². The zero-order chi connectivity index (χ0) is 19.5. The van der Waals surface area contributed by atoms with Crippen LogP contribution in [0, 0.1) is 0 Å². The van der Waals surface area contributed by atoms with Gasteiger partial charge in [0.15, 0.2) is 0 Å². The molecule has 2 aromatic rings. The first-order valence-electron chi connectivity index (χ1n) is 8.10. The standard InChI is InChI=1S/C17H19BN4O5/c23-15(21-12-14-11-19-8-9-20-14)6-7-16(24)22-17(27-18(25)26)10-13-4-2-1-3-5-13/h1-9,11,17,25-26H,10,12H2,(H,21,23)(H,22,24)/b7-6+/t17-/m1/s1. The van der Waals surface area contributed by atoms with Crippen molar-refractivity contribution >= 4 is 19.1 Å². The summed E-state index contributed by atoms with van der Waals surface area (Å²) < 4.78 is 4.87. The Bertz CT molecular complexity index is 758. The molecule has 0 aliphatic carbocycles. The lowest BCUT2D eigenvalue weighted by atomic mass is 10.1. The first-order chi connectivity index (χ1) is 13.0. The molecule has 0 aliphatic rings. The molecule has 27 heavy (non-hydrogen) atoms. The molecule has 1 heterocycles. The Balaban J connectivity index is 1.84. The molecule has 140 valence electrons. The van der Waals surface area contributed by atoms with E-state index in [0.29, 0.717) is 5.69 Å². The number of carbonyl (C=O) groups is 2. The van der Waals surface area contributed by atoms with Crippen LogP contribution in [0.4, 0.5) is 0 Å². The zero-order valence-corrected chi connectivity index (χ0v) is 14.4. The van der Waals surface area contributed by atoms with Crippen molar-refractivity contribution < 1.29 is 24.3 Å². The number of carbonyl (C=O) groups excluding carboxylic acids is 2. The van der Waals surface area contributed by atoms with Gasteiger partial charge in [-0.25, -0.2) is 0 Å². The van der Waals surface area contributed by atoms with Crippen LogP contribution in [0.1, 0.15) is 11.3 Å². The van der Waals surface area contributed by atoms with E-state index in [2.05, 4.69) is 20.6 Å². The molecule has 0 radical (unpaired) electrons. The molecule has 0 saturated carbocycles. The fourth-order valence-electron chi connectivity index (χ4n) is 2.12. The van der Waals surface area contributed by atoms with Gasteiger partial charge in [0, 0.05) is 31.0 Å². The Labute approximate surface area is 156 Å². The minimum atomic E-state index is -2.04. The van der Waals surface area contributed by atoms with Crippen LogP contribution in [0.2, 0.25) is 0 Å². The van der Waals surface area contributed by atoms with Crippen LogP contribution in [0.5, 0.6) is 0 Å². The summed E-state index contributed by atoms with van der Waals surface area (Å²) in [5.41, 5.74) is 1.41. The van der Waals surface area contributed by atoms with Crippen LogP contribution in [-0.2, 0) is 27.2 Å². The molecule has 2 amide bonds. The van der Waals surface area contributed by atoms with Crippen molar-refractivity contribution in [2.45, 2.75) is 19.2 Å². The monoisotopic (exact) mass is 370 g/mol. The van der Waals surface area contributed by atoms with E-state index in [4.69, 9.17) is 14.7 Å². The number of nitrogens with one attached hydrogen (secondary N) is 2. The lowest BCUT2D eigenvalue weighted by Crippen LogP contribution is -2.41. The molecular weight excluding hydrogens is 351 g/mol. The molecule has 1 atom stereocenters. The fourth-order valence-corrected chi connectivity index (χ4v) is 2.12. The fraction of sp³-hybridized carbons (Fsp3) is 0.176. The van der Waals surface area contributed by atoms with Crippen LogP contribution >= 0.6 is 0 Å². The number of amides is 2. The number of hydrogen-bond acceptors (Lipinski definition) is 7.